The summed E-state index contributed by atoms with van der Waals surface area (Å²) in [6.07, 6.45) is 0. The molecule has 0 heterocycles. The molecule has 3 aromatic carbocycles. The topological polar surface area (TPSA) is 69.7 Å². The molecule has 0 unspecified atom stereocenters. The first-order valence-electron chi connectivity index (χ1n) is 11.6. The molecule has 35 heavy (non-hydrogen) atoms. The van der Waals surface area contributed by atoms with Crippen molar-refractivity contribution < 1.29 is 13.2 Å². The number of anilines is 2. The number of halogens is 1. The van der Waals surface area contributed by atoms with E-state index in [0.29, 0.717) is 17.3 Å². The van der Waals surface area contributed by atoms with Crippen LogP contribution in [0.1, 0.15) is 30.5 Å². The van der Waals surface area contributed by atoms with E-state index in [-0.39, 0.29) is 11.4 Å². The van der Waals surface area contributed by atoms with Crippen LogP contribution in [0.2, 0.25) is 5.02 Å². The Morgan fingerprint density at radius 2 is 1.46 bits per heavy atom. The largest absolute Gasteiger partial charge is 0.372 e. The van der Waals surface area contributed by atoms with Gasteiger partial charge in [0.05, 0.1) is 10.6 Å². The predicted octanol–water partition coefficient (Wildman–Crippen LogP) is 5.31. The number of hydrogen-bond donors (Lipinski definition) is 1. The first kappa shape index (κ1) is 26.6. The zero-order valence-corrected chi connectivity index (χ0v) is 22.2. The molecule has 1 N–H and O–H groups in total. The summed E-state index contributed by atoms with van der Waals surface area (Å²) in [6.45, 7) is 9.88. The number of carbonyl (C=O) groups excluding carboxylic acids is 1. The Kier molecular flexibility index (Phi) is 8.81. The van der Waals surface area contributed by atoms with E-state index in [1.165, 1.54) is 24.3 Å². The summed E-state index contributed by atoms with van der Waals surface area (Å²) in [4.78, 5) is 15.2. The number of amides is 1. The van der Waals surface area contributed by atoms with Crippen LogP contribution in [0.3, 0.4) is 0 Å². The first-order chi connectivity index (χ1) is 16.6. The van der Waals surface area contributed by atoms with Crippen molar-refractivity contribution in [1.82, 2.24) is 5.32 Å². The van der Waals surface area contributed by atoms with Gasteiger partial charge in [0, 0.05) is 30.3 Å². The van der Waals surface area contributed by atoms with E-state index < -0.39 is 15.9 Å². The average Bonchev–Trinajstić information content (AvgIpc) is 2.85. The molecule has 0 saturated heterocycles. The molecule has 3 aromatic rings. The van der Waals surface area contributed by atoms with Gasteiger partial charge in [-0.3, -0.25) is 9.10 Å². The van der Waals surface area contributed by atoms with Crippen LogP contribution in [0.5, 0.6) is 0 Å². The number of sulfonamides is 1. The lowest BCUT2D eigenvalue weighted by Crippen LogP contribution is -2.40. The summed E-state index contributed by atoms with van der Waals surface area (Å²) in [7, 11) is -3.99. The van der Waals surface area contributed by atoms with Gasteiger partial charge < -0.3 is 10.2 Å². The zero-order chi connectivity index (χ0) is 25.6. The molecule has 6 nitrogen and oxygen atoms in total. The van der Waals surface area contributed by atoms with Gasteiger partial charge in [-0.1, -0.05) is 29.8 Å². The van der Waals surface area contributed by atoms with Crippen LogP contribution in [0.4, 0.5) is 11.4 Å². The van der Waals surface area contributed by atoms with Crippen molar-refractivity contribution in [3.63, 3.8) is 0 Å². The van der Waals surface area contributed by atoms with Gasteiger partial charge in [0.15, 0.2) is 0 Å². The van der Waals surface area contributed by atoms with Crippen molar-refractivity contribution in [1.29, 1.82) is 0 Å². The number of carbonyl (C=O) groups is 1. The third-order valence-corrected chi connectivity index (χ3v) is 8.06. The van der Waals surface area contributed by atoms with Gasteiger partial charge in [0.25, 0.3) is 10.0 Å². The molecular weight excluding hydrogens is 482 g/mol. The summed E-state index contributed by atoms with van der Waals surface area (Å²) < 4.78 is 28.2. The lowest BCUT2D eigenvalue weighted by Gasteiger charge is -2.25. The molecule has 0 fully saturated rings. The Labute approximate surface area is 213 Å². The fourth-order valence-corrected chi connectivity index (χ4v) is 5.27. The molecule has 0 saturated carbocycles. The van der Waals surface area contributed by atoms with E-state index in [0.717, 1.165) is 39.8 Å². The van der Waals surface area contributed by atoms with E-state index in [2.05, 4.69) is 24.1 Å². The quantitative estimate of drug-likeness (QED) is 0.398. The lowest BCUT2D eigenvalue weighted by atomic mass is 10.1. The minimum atomic E-state index is -3.99. The van der Waals surface area contributed by atoms with E-state index in [1.54, 1.807) is 12.1 Å². The van der Waals surface area contributed by atoms with Crippen molar-refractivity contribution in [3.8, 4) is 0 Å². The van der Waals surface area contributed by atoms with Gasteiger partial charge >= 0.3 is 0 Å². The molecule has 1 amide bonds. The van der Waals surface area contributed by atoms with Crippen LogP contribution in [0, 0.1) is 13.8 Å². The van der Waals surface area contributed by atoms with Gasteiger partial charge in [-0.25, -0.2) is 8.42 Å². The van der Waals surface area contributed by atoms with Gasteiger partial charge in [-0.05, 0) is 92.9 Å². The Morgan fingerprint density at radius 1 is 0.857 bits per heavy atom. The predicted molar refractivity (Wildman–Crippen MR) is 144 cm³/mol. The molecule has 3 rings (SSSR count). The van der Waals surface area contributed by atoms with E-state index in [4.69, 9.17) is 11.6 Å². The van der Waals surface area contributed by atoms with Crippen molar-refractivity contribution in [2.24, 2.45) is 0 Å². The van der Waals surface area contributed by atoms with Crippen LogP contribution in [-0.2, 0) is 21.4 Å². The summed E-state index contributed by atoms with van der Waals surface area (Å²) in [5.41, 5.74) is 4.47. The maximum absolute atomic E-state index is 13.5. The second-order valence-electron chi connectivity index (χ2n) is 8.35. The maximum atomic E-state index is 13.5. The molecule has 0 aliphatic rings. The molecule has 0 aliphatic carbocycles. The molecular formula is C27H32ClN3O3S. The fourth-order valence-electron chi connectivity index (χ4n) is 3.73. The van der Waals surface area contributed by atoms with Gasteiger partial charge in [0.2, 0.25) is 5.91 Å². The van der Waals surface area contributed by atoms with Crippen LogP contribution in [-0.4, -0.2) is 34.0 Å². The number of nitrogens with zero attached hydrogens (tertiary/aromatic N) is 2. The third kappa shape index (κ3) is 6.55. The normalized spacial score (nSPS) is 11.2. The third-order valence-electron chi connectivity index (χ3n) is 6.02. The highest BCUT2D eigenvalue weighted by Gasteiger charge is 2.27. The maximum Gasteiger partial charge on any atom is 0.264 e. The second kappa shape index (κ2) is 11.6. The SMILES string of the molecule is CCN(CC)c1ccc(CNC(=O)CN(c2ccc(C)c(C)c2)S(=O)(=O)c2ccc(Cl)cc2)cc1. The van der Waals surface area contributed by atoms with E-state index in [9.17, 15) is 13.2 Å². The van der Waals surface area contributed by atoms with E-state index in [1.807, 2.05) is 44.2 Å². The van der Waals surface area contributed by atoms with Crippen LogP contribution in [0.15, 0.2) is 71.6 Å². The van der Waals surface area contributed by atoms with Crippen molar-refractivity contribution in [2.45, 2.75) is 39.1 Å². The fraction of sp³-hybridized carbons (Fsp3) is 0.296. The highest BCUT2D eigenvalue weighted by atomic mass is 35.5. The molecule has 0 spiro atoms. The van der Waals surface area contributed by atoms with Gasteiger partial charge in [-0.15, -0.1) is 0 Å². The Morgan fingerprint density at radius 3 is 2.03 bits per heavy atom. The standard InChI is InChI=1S/C27H32ClN3O3S/c1-5-30(6-2)24-13-8-22(9-14-24)18-29-27(32)19-31(25-12-7-20(3)21(4)17-25)35(33,34)26-15-10-23(28)11-16-26/h7-17H,5-6,18-19H2,1-4H3,(H,29,32). The first-order valence-corrected chi connectivity index (χ1v) is 13.4. The minimum absolute atomic E-state index is 0.0694. The second-order valence-corrected chi connectivity index (χ2v) is 10.6. The number of hydrogen-bond acceptors (Lipinski definition) is 4. The average molecular weight is 514 g/mol. The number of benzene rings is 3. The van der Waals surface area contributed by atoms with Crippen molar-refractivity contribution in [2.75, 3.05) is 28.8 Å². The Balaban J connectivity index is 1.80. The van der Waals surface area contributed by atoms with Crippen molar-refractivity contribution >= 4 is 38.9 Å². The van der Waals surface area contributed by atoms with Crippen LogP contribution >= 0.6 is 11.6 Å². The van der Waals surface area contributed by atoms with Crippen molar-refractivity contribution in [3.05, 3.63) is 88.4 Å². The summed E-state index contributed by atoms with van der Waals surface area (Å²) in [5, 5.41) is 3.29. The smallest absolute Gasteiger partial charge is 0.264 e. The zero-order valence-electron chi connectivity index (χ0n) is 20.6. The molecule has 8 heteroatoms. The molecule has 186 valence electrons. The van der Waals surface area contributed by atoms with Gasteiger partial charge in [0.1, 0.15) is 6.54 Å². The summed E-state index contributed by atoms with van der Waals surface area (Å²) in [5.74, 6) is -0.395. The molecule has 0 aromatic heterocycles. The van der Waals surface area contributed by atoms with Gasteiger partial charge in [-0.2, -0.15) is 0 Å². The highest BCUT2D eigenvalue weighted by Crippen LogP contribution is 2.26. The molecule has 0 aliphatic heterocycles. The number of rotatable bonds is 10. The molecule has 0 bridgehead atoms. The lowest BCUT2D eigenvalue weighted by molar-refractivity contribution is -0.119. The van der Waals surface area contributed by atoms with Crippen LogP contribution in [0.25, 0.3) is 0 Å². The van der Waals surface area contributed by atoms with E-state index >= 15 is 0 Å². The Bertz CT molecular complexity index is 1260. The number of nitrogens with one attached hydrogen (secondary N) is 1. The Hall–Kier alpha value is -3.03. The number of aryl methyl sites for hydroxylation is 2. The molecule has 0 radical (unpaired) electrons. The molecule has 0 atom stereocenters. The van der Waals surface area contributed by atoms with Crippen LogP contribution < -0.4 is 14.5 Å². The summed E-state index contributed by atoms with van der Waals surface area (Å²) in [6, 6.07) is 19.3. The minimum Gasteiger partial charge on any atom is -0.372 e. The highest BCUT2D eigenvalue weighted by molar-refractivity contribution is 7.92. The summed E-state index contributed by atoms with van der Waals surface area (Å²) >= 11 is 5.95. The monoisotopic (exact) mass is 513 g/mol.